The molecule has 1 amide bonds. The van der Waals surface area contributed by atoms with Gasteiger partial charge in [-0.2, -0.15) is 13.2 Å². The third kappa shape index (κ3) is 5.71. The molecule has 0 aliphatic carbocycles. The van der Waals surface area contributed by atoms with Crippen LogP contribution in [-0.2, 0) is 16.2 Å². The number of alkyl halides is 3. The zero-order valence-corrected chi connectivity index (χ0v) is 19.9. The number of carbonyl (C=O) groups excluding carboxylic acids is 1. The Morgan fingerprint density at radius 2 is 1.57 bits per heavy atom. The van der Waals surface area contributed by atoms with Gasteiger partial charge in [0.1, 0.15) is 0 Å². The fourth-order valence-electron chi connectivity index (χ4n) is 3.78. The number of benzene rings is 3. The SMILES string of the molecule is O=C(c1ccc(NS(=O)(=O)c2ccccc2)cc1Cl)N1CCN(c2cccc(C(F)(F)F)c2)CC1. The molecule has 0 atom stereocenters. The van der Waals surface area contributed by atoms with Crippen LogP contribution in [0.1, 0.15) is 15.9 Å². The number of hydrogen-bond donors (Lipinski definition) is 1. The predicted molar refractivity (Wildman–Crippen MR) is 128 cm³/mol. The molecule has 1 saturated heterocycles. The first-order valence-electron chi connectivity index (χ1n) is 10.6. The molecule has 6 nitrogen and oxygen atoms in total. The lowest BCUT2D eigenvalue weighted by Gasteiger charge is -2.36. The quantitative estimate of drug-likeness (QED) is 0.504. The van der Waals surface area contributed by atoms with Crippen molar-refractivity contribution in [1.82, 2.24) is 4.90 Å². The van der Waals surface area contributed by atoms with Crippen molar-refractivity contribution in [2.75, 3.05) is 35.8 Å². The molecule has 4 rings (SSSR count). The van der Waals surface area contributed by atoms with Crippen molar-refractivity contribution < 1.29 is 26.4 Å². The molecule has 11 heteroatoms. The Labute approximate surface area is 206 Å². The van der Waals surface area contributed by atoms with E-state index in [0.29, 0.717) is 31.9 Å². The molecule has 1 aliphatic heterocycles. The van der Waals surface area contributed by atoms with E-state index in [-0.39, 0.29) is 27.1 Å². The van der Waals surface area contributed by atoms with Gasteiger partial charge in [0, 0.05) is 31.9 Å². The second-order valence-electron chi connectivity index (χ2n) is 7.94. The van der Waals surface area contributed by atoms with Crippen LogP contribution >= 0.6 is 11.6 Å². The molecule has 0 saturated carbocycles. The van der Waals surface area contributed by atoms with Crippen LogP contribution in [0.15, 0.2) is 77.7 Å². The molecule has 0 bridgehead atoms. The van der Waals surface area contributed by atoms with Gasteiger partial charge in [-0.25, -0.2) is 8.42 Å². The first-order valence-corrected chi connectivity index (χ1v) is 12.5. The summed E-state index contributed by atoms with van der Waals surface area (Å²) in [5, 5.41) is 0.0866. The summed E-state index contributed by atoms with van der Waals surface area (Å²) in [6.07, 6.45) is -4.42. The monoisotopic (exact) mass is 523 g/mol. The summed E-state index contributed by atoms with van der Waals surface area (Å²) in [6.45, 7) is 1.32. The number of anilines is 2. The van der Waals surface area contributed by atoms with Crippen molar-refractivity contribution in [1.29, 1.82) is 0 Å². The van der Waals surface area contributed by atoms with E-state index in [1.807, 2.05) is 0 Å². The summed E-state index contributed by atoms with van der Waals surface area (Å²) >= 11 is 6.30. The third-order valence-electron chi connectivity index (χ3n) is 5.61. The fraction of sp³-hybridized carbons (Fsp3) is 0.208. The van der Waals surface area contributed by atoms with E-state index in [4.69, 9.17) is 11.6 Å². The van der Waals surface area contributed by atoms with Crippen molar-refractivity contribution >= 4 is 38.9 Å². The first-order chi connectivity index (χ1) is 16.5. The van der Waals surface area contributed by atoms with Gasteiger partial charge in [0.2, 0.25) is 0 Å². The number of piperazine rings is 1. The largest absolute Gasteiger partial charge is 0.416 e. The van der Waals surface area contributed by atoms with E-state index in [9.17, 15) is 26.4 Å². The van der Waals surface area contributed by atoms with E-state index in [0.717, 1.165) is 12.1 Å². The molecule has 184 valence electrons. The highest BCUT2D eigenvalue weighted by molar-refractivity contribution is 7.92. The summed E-state index contributed by atoms with van der Waals surface area (Å²) in [5.74, 6) is -0.337. The van der Waals surface area contributed by atoms with Crippen molar-refractivity contribution in [3.8, 4) is 0 Å². The molecule has 3 aromatic rings. The van der Waals surface area contributed by atoms with Gasteiger partial charge in [0.05, 0.1) is 26.7 Å². The Bertz CT molecular complexity index is 1330. The minimum Gasteiger partial charge on any atom is -0.368 e. The topological polar surface area (TPSA) is 69.7 Å². The van der Waals surface area contributed by atoms with Gasteiger partial charge < -0.3 is 9.80 Å². The molecular weight excluding hydrogens is 503 g/mol. The number of rotatable bonds is 5. The maximum absolute atomic E-state index is 13.0. The van der Waals surface area contributed by atoms with Crippen molar-refractivity contribution in [3.63, 3.8) is 0 Å². The van der Waals surface area contributed by atoms with Gasteiger partial charge >= 0.3 is 6.18 Å². The Morgan fingerprint density at radius 1 is 0.886 bits per heavy atom. The van der Waals surface area contributed by atoms with Crippen molar-refractivity contribution in [2.45, 2.75) is 11.1 Å². The highest BCUT2D eigenvalue weighted by atomic mass is 35.5. The number of sulfonamides is 1. The highest BCUT2D eigenvalue weighted by Crippen LogP contribution is 2.32. The van der Waals surface area contributed by atoms with Gasteiger partial charge in [0.25, 0.3) is 15.9 Å². The van der Waals surface area contributed by atoms with Crippen LogP contribution in [0.5, 0.6) is 0 Å². The predicted octanol–water partition coefficient (Wildman–Crippen LogP) is 5.12. The first kappa shape index (κ1) is 24.9. The van der Waals surface area contributed by atoms with Crippen molar-refractivity contribution in [3.05, 3.63) is 88.9 Å². The standard InChI is InChI=1S/C24H21ClF3N3O3S/c25-22-16-18(29-35(33,34)20-7-2-1-3-8-20)9-10-21(22)23(32)31-13-11-30(12-14-31)19-6-4-5-17(15-19)24(26,27)28/h1-10,15-16,29H,11-14H2. The summed E-state index contributed by atoms with van der Waals surface area (Å²) in [6, 6.07) is 17.2. The maximum Gasteiger partial charge on any atom is 0.416 e. The van der Waals surface area contributed by atoms with E-state index < -0.39 is 21.8 Å². The third-order valence-corrected chi connectivity index (χ3v) is 7.32. The lowest BCUT2D eigenvalue weighted by atomic mass is 10.1. The smallest absolute Gasteiger partial charge is 0.368 e. The van der Waals surface area contributed by atoms with E-state index in [1.54, 1.807) is 34.1 Å². The van der Waals surface area contributed by atoms with Crippen LogP contribution in [0, 0.1) is 0 Å². The molecule has 1 fully saturated rings. The Morgan fingerprint density at radius 3 is 2.20 bits per heavy atom. The molecule has 1 heterocycles. The minimum atomic E-state index is -4.42. The van der Waals surface area contributed by atoms with E-state index >= 15 is 0 Å². The molecule has 1 aliphatic rings. The molecule has 35 heavy (non-hydrogen) atoms. The van der Waals surface area contributed by atoms with Crippen LogP contribution in [0.25, 0.3) is 0 Å². The number of halogens is 4. The number of nitrogens with zero attached hydrogens (tertiary/aromatic N) is 2. The zero-order valence-electron chi connectivity index (χ0n) is 18.3. The molecule has 0 radical (unpaired) electrons. The Kier molecular flexibility index (Phi) is 6.95. The van der Waals surface area contributed by atoms with E-state index in [1.165, 1.54) is 36.4 Å². The second kappa shape index (κ2) is 9.79. The minimum absolute atomic E-state index is 0.0866. The number of nitrogens with one attached hydrogen (secondary N) is 1. The Hall–Kier alpha value is -3.24. The average molecular weight is 524 g/mol. The molecular formula is C24H21ClF3N3O3S. The summed E-state index contributed by atoms with van der Waals surface area (Å²) in [4.78, 5) is 16.5. The van der Waals surface area contributed by atoms with Crippen LogP contribution < -0.4 is 9.62 Å². The van der Waals surface area contributed by atoms with Crippen LogP contribution in [0.4, 0.5) is 24.5 Å². The van der Waals surface area contributed by atoms with Gasteiger partial charge in [-0.3, -0.25) is 9.52 Å². The molecule has 0 aromatic heterocycles. The molecule has 0 spiro atoms. The highest BCUT2D eigenvalue weighted by Gasteiger charge is 2.31. The summed E-state index contributed by atoms with van der Waals surface area (Å²) in [5.41, 5.74) is 0.148. The number of hydrogen-bond acceptors (Lipinski definition) is 4. The number of carbonyl (C=O) groups is 1. The van der Waals surface area contributed by atoms with Gasteiger partial charge in [-0.1, -0.05) is 35.9 Å². The van der Waals surface area contributed by atoms with Crippen LogP contribution in [0.2, 0.25) is 5.02 Å². The van der Waals surface area contributed by atoms with E-state index in [2.05, 4.69) is 4.72 Å². The van der Waals surface area contributed by atoms with Gasteiger partial charge in [-0.05, 0) is 48.5 Å². The second-order valence-corrected chi connectivity index (χ2v) is 10.0. The normalized spacial score (nSPS) is 14.6. The average Bonchev–Trinajstić information content (AvgIpc) is 2.84. The molecule has 0 unspecified atom stereocenters. The van der Waals surface area contributed by atoms with Crippen LogP contribution in [0.3, 0.4) is 0 Å². The number of amides is 1. The van der Waals surface area contributed by atoms with Gasteiger partial charge in [0.15, 0.2) is 0 Å². The Balaban J connectivity index is 1.42. The molecule has 3 aromatic carbocycles. The lowest BCUT2D eigenvalue weighted by molar-refractivity contribution is -0.137. The summed E-state index contributed by atoms with van der Waals surface area (Å²) in [7, 11) is -3.81. The van der Waals surface area contributed by atoms with Crippen molar-refractivity contribution in [2.24, 2.45) is 0 Å². The van der Waals surface area contributed by atoms with Gasteiger partial charge in [-0.15, -0.1) is 0 Å². The fourth-order valence-corrected chi connectivity index (χ4v) is 5.11. The zero-order chi connectivity index (χ0) is 25.2. The molecule has 1 N–H and O–H groups in total. The maximum atomic E-state index is 13.0. The summed E-state index contributed by atoms with van der Waals surface area (Å²) < 4.78 is 66.5. The van der Waals surface area contributed by atoms with Crippen LogP contribution in [-0.4, -0.2) is 45.4 Å². The lowest BCUT2D eigenvalue weighted by Crippen LogP contribution is -2.48.